The summed E-state index contributed by atoms with van der Waals surface area (Å²) >= 11 is 6.54. The van der Waals surface area contributed by atoms with E-state index < -0.39 is 19.9 Å². The summed E-state index contributed by atoms with van der Waals surface area (Å²) in [6.07, 6.45) is 1.67. The van der Waals surface area contributed by atoms with Gasteiger partial charge in [-0.15, -0.1) is 11.3 Å². The molecule has 0 bridgehead atoms. The Kier molecular flexibility index (Phi) is 4.40. The molecule has 170 valence electrons. The number of nitrogens with zero attached hydrogens (tertiary/aromatic N) is 1. The van der Waals surface area contributed by atoms with Gasteiger partial charge in [0.1, 0.15) is 18.6 Å². The van der Waals surface area contributed by atoms with Crippen LogP contribution < -0.4 is 25.9 Å². The van der Waals surface area contributed by atoms with Crippen molar-refractivity contribution in [3.05, 3.63) is 70.1 Å². The quantitative estimate of drug-likeness (QED) is 0.230. The number of rotatable bonds is 1. The van der Waals surface area contributed by atoms with Crippen molar-refractivity contribution in [3.8, 4) is 0 Å². The monoisotopic (exact) mass is 501 g/mol. The summed E-state index contributed by atoms with van der Waals surface area (Å²) in [5.74, 6) is -0.943. The van der Waals surface area contributed by atoms with Crippen molar-refractivity contribution in [2.75, 3.05) is 4.90 Å². The molecule has 2 amide bonds. The van der Waals surface area contributed by atoms with Crippen LogP contribution in [0.3, 0.4) is 0 Å². The lowest BCUT2D eigenvalue weighted by Gasteiger charge is -2.47. The fraction of sp³-hybridized carbons (Fsp3) is 0.192. The third-order valence-electron chi connectivity index (χ3n) is 7.26. The van der Waals surface area contributed by atoms with Gasteiger partial charge in [0, 0.05) is 16.0 Å². The van der Waals surface area contributed by atoms with E-state index in [1.165, 1.54) is 32.9 Å². The highest BCUT2D eigenvalue weighted by atomic mass is 32.1. The number of amides is 2. The average Bonchev–Trinajstić information content (AvgIpc) is 3.21. The zero-order chi connectivity index (χ0) is 24.0. The number of fused-ring (bicyclic) bond motifs is 4. The smallest absolute Gasteiger partial charge is 0.263 e. The topological polar surface area (TPSA) is 61.4 Å². The lowest BCUT2D eigenvalue weighted by atomic mass is 9.75. The summed E-state index contributed by atoms with van der Waals surface area (Å²) in [5.41, 5.74) is 4.88. The van der Waals surface area contributed by atoms with Crippen molar-refractivity contribution in [3.63, 3.8) is 0 Å². The highest BCUT2D eigenvalue weighted by molar-refractivity contribution is 7.80. The standard InChI is InChI=1S/C26H23N3O2S2Si/c1-26(2)16-8-7-11-20-21(16)29(18-9-5-6-10-19(18)34(20,3)4)24-17(26)13-14(33-24)12-15-22(30)27-25(32)28-23(15)31/h5-13H,1-4H3,(H2,27,28,30,31,32). The molecule has 8 heteroatoms. The van der Waals surface area contributed by atoms with E-state index >= 15 is 0 Å². The summed E-state index contributed by atoms with van der Waals surface area (Å²) in [6, 6.07) is 17.6. The number of anilines is 3. The molecule has 0 atom stereocenters. The number of thiophene rings is 1. The largest absolute Gasteiger partial charge is 0.302 e. The third-order valence-corrected chi connectivity index (χ3v) is 12.1. The molecule has 34 heavy (non-hydrogen) atoms. The molecular formula is C26H23N3O2S2Si. The van der Waals surface area contributed by atoms with Gasteiger partial charge in [-0.2, -0.15) is 0 Å². The summed E-state index contributed by atoms with van der Waals surface area (Å²) < 4.78 is 0. The van der Waals surface area contributed by atoms with Crippen LogP contribution in [0.4, 0.5) is 16.4 Å². The summed E-state index contributed by atoms with van der Waals surface area (Å²) in [5, 5.41) is 9.08. The number of para-hydroxylation sites is 2. The van der Waals surface area contributed by atoms with Gasteiger partial charge in [-0.05, 0) is 51.9 Å². The fourth-order valence-corrected chi connectivity index (χ4v) is 9.90. The van der Waals surface area contributed by atoms with Crippen LogP contribution in [0.15, 0.2) is 54.1 Å². The molecule has 1 fully saturated rings. The second-order valence-electron chi connectivity index (χ2n) is 9.97. The molecule has 0 spiro atoms. The summed E-state index contributed by atoms with van der Waals surface area (Å²) in [7, 11) is -1.89. The first kappa shape index (κ1) is 21.5. The van der Waals surface area contributed by atoms with Crippen molar-refractivity contribution in [1.82, 2.24) is 10.6 Å². The second-order valence-corrected chi connectivity index (χ2v) is 15.8. The molecule has 2 N–H and O–H groups in total. The van der Waals surface area contributed by atoms with Crippen LogP contribution in [-0.4, -0.2) is 25.0 Å². The number of nitrogens with one attached hydrogen (secondary N) is 2. The minimum Gasteiger partial charge on any atom is -0.302 e. The van der Waals surface area contributed by atoms with Crippen LogP contribution in [0.25, 0.3) is 6.08 Å². The van der Waals surface area contributed by atoms with E-state index in [2.05, 4.69) is 91.0 Å². The molecule has 0 saturated carbocycles. The van der Waals surface area contributed by atoms with E-state index in [9.17, 15) is 9.59 Å². The number of thiocarbonyl (C=S) groups is 1. The van der Waals surface area contributed by atoms with Gasteiger partial charge in [0.15, 0.2) is 5.11 Å². The average molecular weight is 502 g/mol. The Morgan fingerprint density at radius 3 is 2.38 bits per heavy atom. The SMILES string of the molecule is CC1(C)c2cc(C=C3C(=O)NC(=S)NC3=O)sc2N2c3ccccc3[Si](C)(C)c3cccc1c32. The van der Waals surface area contributed by atoms with Gasteiger partial charge in [-0.25, -0.2) is 0 Å². The zero-order valence-electron chi connectivity index (χ0n) is 19.3. The number of carbonyl (C=O) groups excluding carboxylic acids is 2. The summed E-state index contributed by atoms with van der Waals surface area (Å²) in [6.45, 7) is 9.37. The Labute approximate surface area is 208 Å². The Hall–Kier alpha value is -3.07. The molecule has 1 saturated heterocycles. The molecule has 3 aliphatic rings. The number of carbonyl (C=O) groups is 2. The van der Waals surface area contributed by atoms with Gasteiger partial charge >= 0.3 is 0 Å². The molecule has 1 aromatic heterocycles. The van der Waals surface area contributed by atoms with Crippen molar-refractivity contribution < 1.29 is 9.59 Å². The molecule has 5 nitrogen and oxygen atoms in total. The Morgan fingerprint density at radius 2 is 1.65 bits per heavy atom. The minimum atomic E-state index is -1.89. The first-order chi connectivity index (χ1) is 16.1. The molecule has 0 unspecified atom stereocenters. The van der Waals surface area contributed by atoms with Gasteiger partial charge in [-0.1, -0.05) is 63.3 Å². The van der Waals surface area contributed by atoms with Crippen LogP contribution in [0.2, 0.25) is 13.1 Å². The highest BCUT2D eigenvalue weighted by Crippen LogP contribution is 2.55. The van der Waals surface area contributed by atoms with Gasteiger partial charge in [0.05, 0.1) is 5.69 Å². The van der Waals surface area contributed by atoms with E-state index in [0.717, 1.165) is 9.88 Å². The normalized spacial score (nSPS) is 19.0. The summed E-state index contributed by atoms with van der Waals surface area (Å²) in [4.78, 5) is 28.2. The number of hydrogen-bond donors (Lipinski definition) is 2. The van der Waals surface area contributed by atoms with E-state index in [-0.39, 0.29) is 16.1 Å². The Morgan fingerprint density at radius 1 is 0.971 bits per heavy atom. The van der Waals surface area contributed by atoms with Gasteiger partial charge in [-0.3, -0.25) is 20.2 Å². The van der Waals surface area contributed by atoms with Crippen LogP contribution in [-0.2, 0) is 15.0 Å². The zero-order valence-corrected chi connectivity index (χ0v) is 21.9. The molecule has 0 aliphatic carbocycles. The molecule has 3 aliphatic heterocycles. The first-order valence-electron chi connectivity index (χ1n) is 11.2. The maximum atomic E-state index is 12.4. The Balaban J connectivity index is 1.60. The van der Waals surface area contributed by atoms with Crippen LogP contribution >= 0.6 is 23.6 Å². The van der Waals surface area contributed by atoms with Crippen molar-refractivity contribution >= 4 is 81.4 Å². The molecule has 3 aromatic rings. The van der Waals surface area contributed by atoms with Crippen molar-refractivity contribution in [2.24, 2.45) is 0 Å². The second kappa shape index (κ2) is 6.97. The lowest BCUT2D eigenvalue weighted by molar-refractivity contribution is -0.123. The molecular weight excluding hydrogens is 479 g/mol. The van der Waals surface area contributed by atoms with Crippen LogP contribution in [0, 0.1) is 0 Å². The molecule has 2 aromatic carbocycles. The van der Waals surface area contributed by atoms with Gasteiger partial charge in [0.2, 0.25) is 0 Å². The van der Waals surface area contributed by atoms with Gasteiger partial charge in [0.25, 0.3) is 11.8 Å². The molecule has 0 radical (unpaired) electrons. The number of benzene rings is 2. The van der Waals surface area contributed by atoms with Crippen LogP contribution in [0.1, 0.15) is 29.9 Å². The predicted molar refractivity (Wildman–Crippen MR) is 145 cm³/mol. The van der Waals surface area contributed by atoms with Crippen molar-refractivity contribution in [2.45, 2.75) is 32.4 Å². The van der Waals surface area contributed by atoms with Crippen molar-refractivity contribution in [1.29, 1.82) is 0 Å². The predicted octanol–water partition coefficient (Wildman–Crippen LogP) is 3.91. The molecule has 4 heterocycles. The van der Waals surface area contributed by atoms with E-state index in [1.807, 2.05) is 0 Å². The van der Waals surface area contributed by atoms with E-state index in [0.29, 0.717) is 0 Å². The van der Waals surface area contributed by atoms with Gasteiger partial charge < -0.3 is 4.90 Å². The first-order valence-corrected chi connectivity index (χ1v) is 15.4. The fourth-order valence-electron chi connectivity index (χ4n) is 5.45. The molecule has 6 rings (SSSR count). The van der Waals surface area contributed by atoms with E-state index in [4.69, 9.17) is 12.2 Å². The maximum absolute atomic E-state index is 12.4. The van der Waals surface area contributed by atoms with Crippen LogP contribution in [0.5, 0.6) is 0 Å². The highest BCUT2D eigenvalue weighted by Gasteiger charge is 2.46. The van der Waals surface area contributed by atoms with E-state index in [1.54, 1.807) is 17.4 Å². The lowest BCUT2D eigenvalue weighted by Crippen LogP contribution is -2.59. The third kappa shape index (κ3) is 2.79. The maximum Gasteiger partial charge on any atom is 0.263 e. The minimum absolute atomic E-state index is 0.0402. The Bertz CT molecular complexity index is 1460. The number of hydrogen-bond acceptors (Lipinski definition) is 5.